The number of hydrogen-bond donors (Lipinski definition) is 1. The molecular formula is C9H17NO. The second-order valence-corrected chi connectivity index (χ2v) is 3.97. The molecule has 0 aromatic carbocycles. The lowest BCUT2D eigenvalue weighted by atomic mass is 9.84. The molecule has 1 aliphatic heterocycles. The van der Waals surface area contributed by atoms with Crippen LogP contribution in [0.3, 0.4) is 0 Å². The zero-order chi connectivity index (χ0) is 7.73. The van der Waals surface area contributed by atoms with Gasteiger partial charge in [0.2, 0.25) is 0 Å². The highest BCUT2D eigenvalue weighted by Gasteiger charge is 2.38. The van der Waals surface area contributed by atoms with Gasteiger partial charge in [-0.25, -0.2) is 0 Å². The van der Waals surface area contributed by atoms with Gasteiger partial charge >= 0.3 is 0 Å². The predicted molar refractivity (Wildman–Crippen MR) is 44.3 cm³/mol. The number of nitrogens with one attached hydrogen (secondary N) is 1. The molecule has 0 aromatic heterocycles. The smallest absolute Gasteiger partial charge is 0.119 e. The third-order valence-corrected chi connectivity index (χ3v) is 2.88. The van der Waals surface area contributed by atoms with E-state index in [1.807, 2.05) is 0 Å². The van der Waals surface area contributed by atoms with Gasteiger partial charge in [0.1, 0.15) is 5.72 Å². The lowest BCUT2D eigenvalue weighted by molar-refractivity contribution is -0.0516. The molecule has 1 saturated heterocycles. The highest BCUT2D eigenvalue weighted by molar-refractivity contribution is 4.87. The molecule has 1 spiro atoms. The summed E-state index contributed by atoms with van der Waals surface area (Å²) >= 11 is 0. The summed E-state index contributed by atoms with van der Waals surface area (Å²) in [6.45, 7) is 4.28. The van der Waals surface area contributed by atoms with Crippen molar-refractivity contribution in [2.75, 3.05) is 13.2 Å². The van der Waals surface area contributed by atoms with Crippen molar-refractivity contribution in [2.24, 2.45) is 5.92 Å². The predicted octanol–water partition coefficient (Wildman–Crippen LogP) is 1.51. The van der Waals surface area contributed by atoms with Crippen LogP contribution in [0.25, 0.3) is 0 Å². The quantitative estimate of drug-likeness (QED) is 0.572. The second kappa shape index (κ2) is 2.76. The maximum Gasteiger partial charge on any atom is 0.119 e. The molecule has 0 radical (unpaired) electrons. The largest absolute Gasteiger partial charge is 0.359 e. The summed E-state index contributed by atoms with van der Waals surface area (Å²) in [7, 11) is 0. The van der Waals surface area contributed by atoms with Crippen molar-refractivity contribution >= 4 is 0 Å². The topological polar surface area (TPSA) is 21.3 Å². The molecule has 1 aliphatic carbocycles. The number of rotatable bonds is 0. The van der Waals surface area contributed by atoms with Crippen molar-refractivity contribution < 1.29 is 4.74 Å². The summed E-state index contributed by atoms with van der Waals surface area (Å²) in [5, 5.41) is 3.48. The Balaban J connectivity index is 2.00. The van der Waals surface area contributed by atoms with E-state index in [1.165, 1.54) is 25.7 Å². The number of hydrogen-bond acceptors (Lipinski definition) is 2. The standard InChI is InChI=1S/C9H17NO/c1-8-3-2-4-9(7-8)10-5-6-11-9/h8,10H,2-7H2,1H3/t8-,9-/m0/s1. The number of ether oxygens (including phenoxy) is 1. The SMILES string of the molecule is C[C@H]1CCC[C@]2(C1)NCCO2. The monoisotopic (exact) mass is 155 g/mol. The van der Waals surface area contributed by atoms with Crippen LogP contribution >= 0.6 is 0 Å². The van der Waals surface area contributed by atoms with Crippen LogP contribution in [0.5, 0.6) is 0 Å². The highest BCUT2D eigenvalue weighted by atomic mass is 16.5. The van der Waals surface area contributed by atoms with Crippen LogP contribution in [0.4, 0.5) is 0 Å². The Morgan fingerprint density at radius 2 is 2.45 bits per heavy atom. The minimum Gasteiger partial charge on any atom is -0.359 e. The van der Waals surface area contributed by atoms with Gasteiger partial charge in [0.05, 0.1) is 6.61 Å². The molecule has 1 N–H and O–H groups in total. The minimum absolute atomic E-state index is 0.0949. The van der Waals surface area contributed by atoms with Crippen molar-refractivity contribution in [3.63, 3.8) is 0 Å². The van der Waals surface area contributed by atoms with Crippen LogP contribution in [0.2, 0.25) is 0 Å². The van der Waals surface area contributed by atoms with Crippen LogP contribution in [-0.4, -0.2) is 18.9 Å². The van der Waals surface area contributed by atoms with Gasteiger partial charge in [-0.05, 0) is 25.2 Å². The maximum absolute atomic E-state index is 5.74. The summed E-state index contributed by atoms with van der Waals surface area (Å²) < 4.78 is 5.74. The second-order valence-electron chi connectivity index (χ2n) is 3.97. The average Bonchev–Trinajstić information content (AvgIpc) is 2.37. The lowest BCUT2D eigenvalue weighted by Gasteiger charge is -2.35. The van der Waals surface area contributed by atoms with Crippen molar-refractivity contribution in [3.05, 3.63) is 0 Å². The average molecular weight is 155 g/mol. The third-order valence-electron chi connectivity index (χ3n) is 2.88. The Morgan fingerprint density at radius 1 is 1.55 bits per heavy atom. The summed E-state index contributed by atoms with van der Waals surface area (Å²) in [6.07, 6.45) is 5.14. The van der Waals surface area contributed by atoms with E-state index in [0.29, 0.717) is 0 Å². The molecule has 0 unspecified atom stereocenters. The van der Waals surface area contributed by atoms with Gasteiger partial charge in [-0.15, -0.1) is 0 Å². The fraction of sp³-hybridized carbons (Fsp3) is 1.00. The van der Waals surface area contributed by atoms with Gasteiger partial charge in [-0.3, -0.25) is 5.32 Å². The summed E-state index contributed by atoms with van der Waals surface area (Å²) in [4.78, 5) is 0. The maximum atomic E-state index is 5.74. The van der Waals surface area contributed by atoms with E-state index in [9.17, 15) is 0 Å². The van der Waals surface area contributed by atoms with Crippen molar-refractivity contribution in [1.82, 2.24) is 5.32 Å². The molecule has 2 atom stereocenters. The van der Waals surface area contributed by atoms with Gasteiger partial charge in [-0.1, -0.05) is 13.3 Å². The Labute approximate surface area is 68.3 Å². The first-order valence-corrected chi connectivity index (χ1v) is 4.70. The first-order valence-electron chi connectivity index (χ1n) is 4.70. The van der Waals surface area contributed by atoms with Gasteiger partial charge in [0.25, 0.3) is 0 Å². The summed E-state index contributed by atoms with van der Waals surface area (Å²) in [6, 6.07) is 0. The van der Waals surface area contributed by atoms with E-state index in [2.05, 4.69) is 12.2 Å². The molecule has 64 valence electrons. The molecule has 2 nitrogen and oxygen atoms in total. The molecular weight excluding hydrogens is 138 g/mol. The molecule has 0 aromatic rings. The van der Waals surface area contributed by atoms with Crippen molar-refractivity contribution in [3.8, 4) is 0 Å². The van der Waals surface area contributed by atoms with Crippen molar-refractivity contribution in [2.45, 2.75) is 38.3 Å². The first kappa shape index (κ1) is 7.56. The first-order chi connectivity index (χ1) is 5.31. The van der Waals surface area contributed by atoms with E-state index in [-0.39, 0.29) is 5.72 Å². The highest BCUT2D eigenvalue weighted by Crippen LogP contribution is 2.34. The Hall–Kier alpha value is -0.0800. The summed E-state index contributed by atoms with van der Waals surface area (Å²) in [5.41, 5.74) is 0.0949. The Bertz CT molecular complexity index is 140. The van der Waals surface area contributed by atoms with Gasteiger partial charge in [-0.2, -0.15) is 0 Å². The molecule has 1 heterocycles. The molecule has 11 heavy (non-hydrogen) atoms. The fourth-order valence-corrected chi connectivity index (χ4v) is 2.37. The zero-order valence-corrected chi connectivity index (χ0v) is 7.23. The fourth-order valence-electron chi connectivity index (χ4n) is 2.37. The van der Waals surface area contributed by atoms with Gasteiger partial charge in [0.15, 0.2) is 0 Å². The van der Waals surface area contributed by atoms with E-state index in [4.69, 9.17) is 4.74 Å². The normalized spacial score (nSPS) is 45.0. The zero-order valence-electron chi connectivity index (χ0n) is 7.23. The molecule has 2 rings (SSSR count). The van der Waals surface area contributed by atoms with E-state index < -0.39 is 0 Å². The van der Waals surface area contributed by atoms with Crippen LogP contribution in [0.1, 0.15) is 32.6 Å². The summed E-state index contributed by atoms with van der Waals surface area (Å²) in [5.74, 6) is 0.842. The van der Waals surface area contributed by atoms with Crippen molar-refractivity contribution in [1.29, 1.82) is 0 Å². The van der Waals surface area contributed by atoms with Crippen LogP contribution in [0, 0.1) is 5.92 Å². The molecule has 1 saturated carbocycles. The minimum atomic E-state index is 0.0949. The van der Waals surface area contributed by atoms with E-state index in [1.54, 1.807) is 0 Å². The van der Waals surface area contributed by atoms with Crippen LogP contribution < -0.4 is 5.32 Å². The molecule has 0 amide bonds. The van der Waals surface area contributed by atoms with Gasteiger partial charge < -0.3 is 4.74 Å². The molecule has 2 aliphatic rings. The molecule has 2 fully saturated rings. The molecule has 0 bridgehead atoms. The van der Waals surface area contributed by atoms with E-state index >= 15 is 0 Å². The Kier molecular flexibility index (Phi) is 1.90. The molecule has 2 heteroatoms. The Morgan fingerprint density at radius 3 is 3.09 bits per heavy atom. The lowest BCUT2D eigenvalue weighted by Crippen LogP contribution is -2.44. The van der Waals surface area contributed by atoms with Crippen LogP contribution in [-0.2, 0) is 4.74 Å². The third kappa shape index (κ3) is 1.42. The van der Waals surface area contributed by atoms with Crippen LogP contribution in [0.15, 0.2) is 0 Å². The van der Waals surface area contributed by atoms with Gasteiger partial charge in [0, 0.05) is 6.54 Å². The van der Waals surface area contributed by atoms with E-state index in [0.717, 1.165) is 19.1 Å².